The summed E-state index contributed by atoms with van der Waals surface area (Å²) in [5.41, 5.74) is 6.81. The van der Waals surface area contributed by atoms with E-state index in [2.05, 4.69) is 5.32 Å². The van der Waals surface area contributed by atoms with Crippen LogP contribution in [0.15, 0.2) is 24.3 Å². The van der Waals surface area contributed by atoms with Crippen molar-refractivity contribution in [2.24, 2.45) is 0 Å². The molecule has 0 fully saturated rings. The number of amides is 2. The Hall–Kier alpha value is -2.24. The van der Waals surface area contributed by atoms with Crippen molar-refractivity contribution in [2.75, 3.05) is 30.7 Å². The smallest absolute Gasteiger partial charge is 0.325 e. The van der Waals surface area contributed by atoms with Gasteiger partial charge in [0.25, 0.3) is 0 Å². The number of nitrogens with zero attached hydrogens (tertiary/aromatic N) is 1. The summed E-state index contributed by atoms with van der Waals surface area (Å²) in [4.78, 5) is 24.7. The lowest BCUT2D eigenvalue weighted by Gasteiger charge is -2.20. The zero-order valence-electron chi connectivity index (χ0n) is 11.2. The van der Waals surface area contributed by atoms with E-state index < -0.39 is 5.97 Å². The Morgan fingerprint density at radius 2 is 1.89 bits per heavy atom. The summed E-state index contributed by atoms with van der Waals surface area (Å²) in [6.45, 7) is 4.17. The molecular formula is C13H19N3O3. The molecule has 6 nitrogen and oxygen atoms in total. The van der Waals surface area contributed by atoms with E-state index in [4.69, 9.17) is 10.5 Å². The maximum Gasteiger partial charge on any atom is 0.325 e. The molecule has 0 heterocycles. The number of likely N-dealkylation sites (N-methyl/N-ethyl adjacent to an activating group) is 1. The van der Waals surface area contributed by atoms with Crippen molar-refractivity contribution in [1.82, 2.24) is 4.90 Å². The first-order valence-corrected chi connectivity index (χ1v) is 6.13. The lowest BCUT2D eigenvalue weighted by Crippen LogP contribution is -2.39. The number of hydrogen-bond acceptors (Lipinski definition) is 4. The van der Waals surface area contributed by atoms with Crippen LogP contribution in [-0.2, 0) is 9.53 Å². The fourth-order valence-corrected chi connectivity index (χ4v) is 1.46. The van der Waals surface area contributed by atoms with Gasteiger partial charge in [-0.2, -0.15) is 0 Å². The normalized spacial score (nSPS) is 9.79. The number of nitrogens with one attached hydrogen (secondary N) is 1. The molecule has 1 aromatic carbocycles. The van der Waals surface area contributed by atoms with Gasteiger partial charge in [0.1, 0.15) is 6.54 Å². The van der Waals surface area contributed by atoms with E-state index in [1.807, 2.05) is 0 Å². The van der Waals surface area contributed by atoms with Gasteiger partial charge in [0.05, 0.1) is 6.61 Å². The number of carbonyl (C=O) groups is 2. The van der Waals surface area contributed by atoms with Crippen molar-refractivity contribution in [3.63, 3.8) is 0 Å². The Balaban J connectivity index is 2.58. The Morgan fingerprint density at radius 1 is 1.26 bits per heavy atom. The van der Waals surface area contributed by atoms with Gasteiger partial charge in [0.2, 0.25) is 0 Å². The number of nitrogens with two attached hydrogens (primary N) is 1. The third kappa shape index (κ3) is 4.87. The summed E-state index contributed by atoms with van der Waals surface area (Å²) in [7, 11) is 0. The van der Waals surface area contributed by atoms with Crippen LogP contribution in [0.3, 0.4) is 0 Å². The topological polar surface area (TPSA) is 84.7 Å². The van der Waals surface area contributed by atoms with E-state index in [0.29, 0.717) is 24.5 Å². The monoisotopic (exact) mass is 265 g/mol. The van der Waals surface area contributed by atoms with E-state index >= 15 is 0 Å². The highest BCUT2D eigenvalue weighted by Crippen LogP contribution is 2.11. The van der Waals surface area contributed by atoms with Gasteiger partial charge in [-0.15, -0.1) is 0 Å². The van der Waals surface area contributed by atoms with Crippen molar-refractivity contribution in [1.29, 1.82) is 0 Å². The molecule has 0 aliphatic heterocycles. The molecule has 0 aliphatic rings. The molecular weight excluding hydrogens is 246 g/mol. The molecule has 6 heteroatoms. The maximum absolute atomic E-state index is 11.9. The molecule has 0 bridgehead atoms. The Labute approximate surface area is 112 Å². The quantitative estimate of drug-likeness (QED) is 0.626. The SMILES string of the molecule is CCOC(=O)CN(CC)C(=O)Nc1ccc(N)cc1. The number of urea groups is 1. The number of carbonyl (C=O) groups excluding carboxylic acids is 2. The van der Waals surface area contributed by atoms with E-state index in [1.165, 1.54) is 4.90 Å². The first-order chi connectivity index (χ1) is 9.06. The second-order valence-corrected chi connectivity index (χ2v) is 3.87. The summed E-state index contributed by atoms with van der Waals surface area (Å²) in [6.07, 6.45) is 0. The standard InChI is InChI=1S/C13H19N3O3/c1-3-16(9-12(17)19-4-2)13(18)15-11-7-5-10(14)6-8-11/h5-8H,3-4,9,14H2,1-2H3,(H,15,18). The molecule has 0 radical (unpaired) electrons. The summed E-state index contributed by atoms with van der Waals surface area (Å²) in [5, 5.41) is 2.69. The Bertz CT molecular complexity index is 431. The van der Waals surface area contributed by atoms with Crippen molar-refractivity contribution in [3.8, 4) is 0 Å². The number of nitrogen functional groups attached to an aromatic ring is 1. The third-order valence-electron chi connectivity index (χ3n) is 2.46. The highest BCUT2D eigenvalue weighted by Gasteiger charge is 2.16. The third-order valence-corrected chi connectivity index (χ3v) is 2.46. The molecule has 19 heavy (non-hydrogen) atoms. The lowest BCUT2D eigenvalue weighted by atomic mass is 10.3. The van der Waals surface area contributed by atoms with Crippen LogP contribution in [-0.4, -0.2) is 36.6 Å². The average Bonchev–Trinajstić information content (AvgIpc) is 2.39. The molecule has 0 saturated carbocycles. The largest absolute Gasteiger partial charge is 0.465 e. The van der Waals surface area contributed by atoms with Gasteiger partial charge in [-0.05, 0) is 38.1 Å². The van der Waals surface area contributed by atoms with Gasteiger partial charge < -0.3 is 20.7 Å². The number of ether oxygens (including phenoxy) is 1. The van der Waals surface area contributed by atoms with Gasteiger partial charge >= 0.3 is 12.0 Å². The maximum atomic E-state index is 11.9. The van der Waals surface area contributed by atoms with Crippen LogP contribution in [0.1, 0.15) is 13.8 Å². The fraction of sp³-hybridized carbons (Fsp3) is 0.385. The fourth-order valence-electron chi connectivity index (χ4n) is 1.46. The number of esters is 1. The minimum atomic E-state index is -0.420. The van der Waals surface area contributed by atoms with Crippen molar-refractivity contribution < 1.29 is 14.3 Å². The van der Waals surface area contributed by atoms with Crippen LogP contribution in [0.4, 0.5) is 16.2 Å². The van der Waals surface area contributed by atoms with Gasteiger partial charge in [-0.3, -0.25) is 4.79 Å². The van der Waals surface area contributed by atoms with Crippen molar-refractivity contribution in [2.45, 2.75) is 13.8 Å². The zero-order chi connectivity index (χ0) is 14.3. The van der Waals surface area contributed by atoms with E-state index in [0.717, 1.165) is 0 Å². The molecule has 3 N–H and O–H groups in total. The van der Waals surface area contributed by atoms with Crippen LogP contribution in [0.5, 0.6) is 0 Å². The minimum absolute atomic E-state index is 0.0643. The number of hydrogen-bond donors (Lipinski definition) is 2. The molecule has 2 amide bonds. The number of benzene rings is 1. The van der Waals surface area contributed by atoms with Crippen molar-refractivity contribution in [3.05, 3.63) is 24.3 Å². The van der Waals surface area contributed by atoms with Gasteiger partial charge in [-0.1, -0.05) is 0 Å². The zero-order valence-corrected chi connectivity index (χ0v) is 11.2. The highest BCUT2D eigenvalue weighted by atomic mass is 16.5. The van der Waals surface area contributed by atoms with Crippen LogP contribution in [0.25, 0.3) is 0 Å². The molecule has 0 atom stereocenters. The predicted molar refractivity (Wildman–Crippen MR) is 73.8 cm³/mol. The minimum Gasteiger partial charge on any atom is -0.465 e. The molecule has 0 aromatic heterocycles. The summed E-state index contributed by atoms with van der Waals surface area (Å²) in [6, 6.07) is 6.44. The van der Waals surface area contributed by atoms with Crippen LogP contribution in [0.2, 0.25) is 0 Å². The molecule has 0 unspecified atom stereocenters. The lowest BCUT2D eigenvalue weighted by molar-refractivity contribution is -0.143. The van der Waals surface area contributed by atoms with Crippen LogP contribution in [0, 0.1) is 0 Å². The van der Waals surface area contributed by atoms with Gasteiger partial charge in [0.15, 0.2) is 0 Å². The van der Waals surface area contributed by atoms with Crippen LogP contribution >= 0.6 is 0 Å². The molecule has 1 rings (SSSR count). The van der Waals surface area contributed by atoms with E-state index in [1.54, 1.807) is 38.1 Å². The summed E-state index contributed by atoms with van der Waals surface area (Å²) < 4.78 is 4.81. The molecule has 0 saturated heterocycles. The van der Waals surface area contributed by atoms with Gasteiger partial charge in [-0.25, -0.2) is 4.79 Å². The molecule has 0 aliphatic carbocycles. The van der Waals surface area contributed by atoms with E-state index in [-0.39, 0.29) is 12.6 Å². The average molecular weight is 265 g/mol. The number of rotatable bonds is 5. The van der Waals surface area contributed by atoms with E-state index in [9.17, 15) is 9.59 Å². The second-order valence-electron chi connectivity index (χ2n) is 3.87. The summed E-state index contributed by atoms with van der Waals surface area (Å²) in [5.74, 6) is -0.420. The van der Waals surface area contributed by atoms with Gasteiger partial charge in [0, 0.05) is 17.9 Å². The predicted octanol–water partition coefficient (Wildman–Crippen LogP) is 1.69. The van der Waals surface area contributed by atoms with Crippen molar-refractivity contribution >= 4 is 23.4 Å². The molecule has 0 spiro atoms. The summed E-state index contributed by atoms with van der Waals surface area (Å²) >= 11 is 0. The van der Waals surface area contributed by atoms with Crippen LogP contribution < -0.4 is 11.1 Å². The number of anilines is 2. The Kier molecular flexibility index (Phi) is 5.66. The molecule has 1 aromatic rings. The molecule has 104 valence electrons. The highest BCUT2D eigenvalue weighted by molar-refractivity contribution is 5.91. The second kappa shape index (κ2) is 7.25. The first kappa shape index (κ1) is 14.8. The Morgan fingerprint density at radius 3 is 2.42 bits per heavy atom. The first-order valence-electron chi connectivity index (χ1n) is 6.13.